The molecule has 3 nitrogen and oxygen atoms in total. The number of carboxylic acids is 1. The Morgan fingerprint density at radius 1 is 1.56 bits per heavy atom. The summed E-state index contributed by atoms with van der Waals surface area (Å²) in [4.78, 5) is 10.7. The highest BCUT2D eigenvalue weighted by Gasteiger charge is 2.23. The zero-order valence-electron chi connectivity index (χ0n) is 9.35. The van der Waals surface area contributed by atoms with E-state index in [1.807, 2.05) is 24.3 Å². The molecule has 0 bridgehead atoms. The second kappa shape index (κ2) is 4.56. The van der Waals surface area contributed by atoms with Gasteiger partial charge in [0.1, 0.15) is 5.75 Å². The van der Waals surface area contributed by atoms with Gasteiger partial charge in [-0.25, -0.2) is 0 Å². The van der Waals surface area contributed by atoms with E-state index in [0.29, 0.717) is 12.5 Å². The van der Waals surface area contributed by atoms with Crippen molar-refractivity contribution in [2.75, 3.05) is 0 Å². The molecule has 0 spiro atoms. The van der Waals surface area contributed by atoms with Gasteiger partial charge in [-0.3, -0.25) is 4.79 Å². The van der Waals surface area contributed by atoms with E-state index in [1.54, 1.807) is 6.92 Å². The molecule has 1 aliphatic carbocycles. The third-order valence-electron chi connectivity index (χ3n) is 2.69. The minimum Gasteiger partial charge on any atom is -0.490 e. The van der Waals surface area contributed by atoms with Gasteiger partial charge in [0.15, 0.2) is 0 Å². The van der Waals surface area contributed by atoms with Gasteiger partial charge in [0.05, 0.1) is 12.0 Å². The second-order valence-electron chi connectivity index (χ2n) is 4.41. The SMILES string of the molecule is CC(Cc1cccc(OC2CC2)c1)C(=O)O. The molecule has 0 heterocycles. The summed E-state index contributed by atoms with van der Waals surface area (Å²) >= 11 is 0. The molecule has 1 N–H and O–H groups in total. The molecule has 0 aliphatic heterocycles. The minimum atomic E-state index is -0.756. The fourth-order valence-electron chi connectivity index (χ4n) is 1.56. The lowest BCUT2D eigenvalue weighted by Crippen LogP contribution is -2.12. The highest BCUT2D eigenvalue weighted by atomic mass is 16.5. The van der Waals surface area contributed by atoms with Crippen molar-refractivity contribution in [3.05, 3.63) is 29.8 Å². The quantitative estimate of drug-likeness (QED) is 0.829. The number of ether oxygens (including phenoxy) is 1. The molecule has 1 aromatic rings. The smallest absolute Gasteiger partial charge is 0.306 e. The van der Waals surface area contributed by atoms with Gasteiger partial charge >= 0.3 is 5.97 Å². The Kier molecular flexibility index (Phi) is 3.13. The number of rotatable bonds is 5. The summed E-state index contributed by atoms with van der Waals surface area (Å²) in [5, 5.41) is 8.84. The molecule has 3 heteroatoms. The monoisotopic (exact) mass is 220 g/mol. The third-order valence-corrected chi connectivity index (χ3v) is 2.69. The third kappa shape index (κ3) is 2.99. The normalized spacial score (nSPS) is 16.8. The molecule has 1 atom stereocenters. The molecule has 2 rings (SSSR count). The fraction of sp³-hybridized carbons (Fsp3) is 0.462. The van der Waals surface area contributed by atoms with Crippen molar-refractivity contribution in [1.82, 2.24) is 0 Å². The second-order valence-corrected chi connectivity index (χ2v) is 4.41. The van der Waals surface area contributed by atoms with Crippen LogP contribution in [-0.2, 0) is 11.2 Å². The molecule has 0 saturated heterocycles. The molecule has 0 aromatic heterocycles. The van der Waals surface area contributed by atoms with Crippen molar-refractivity contribution in [1.29, 1.82) is 0 Å². The Morgan fingerprint density at radius 2 is 2.31 bits per heavy atom. The lowest BCUT2D eigenvalue weighted by atomic mass is 10.0. The molecular weight excluding hydrogens is 204 g/mol. The van der Waals surface area contributed by atoms with Crippen LogP contribution >= 0.6 is 0 Å². The first-order valence-electron chi connectivity index (χ1n) is 5.63. The highest BCUT2D eigenvalue weighted by Crippen LogP contribution is 2.27. The first kappa shape index (κ1) is 11.0. The lowest BCUT2D eigenvalue weighted by Gasteiger charge is -2.09. The Hall–Kier alpha value is -1.51. The molecule has 1 saturated carbocycles. The van der Waals surface area contributed by atoms with Gasteiger partial charge in [-0.15, -0.1) is 0 Å². The van der Waals surface area contributed by atoms with Gasteiger partial charge in [0.2, 0.25) is 0 Å². The molecular formula is C13H16O3. The van der Waals surface area contributed by atoms with E-state index in [4.69, 9.17) is 9.84 Å². The molecule has 1 fully saturated rings. The summed E-state index contributed by atoms with van der Waals surface area (Å²) in [7, 11) is 0. The van der Waals surface area contributed by atoms with Crippen LogP contribution < -0.4 is 4.74 Å². The van der Waals surface area contributed by atoms with Crippen LogP contribution in [0.1, 0.15) is 25.3 Å². The molecule has 1 aromatic carbocycles. The number of hydrogen-bond acceptors (Lipinski definition) is 2. The summed E-state index contributed by atoms with van der Waals surface area (Å²) < 4.78 is 5.66. The van der Waals surface area contributed by atoms with Crippen LogP contribution in [0.5, 0.6) is 5.75 Å². The zero-order valence-corrected chi connectivity index (χ0v) is 9.35. The summed E-state index contributed by atoms with van der Waals surface area (Å²) in [6.07, 6.45) is 3.20. The first-order valence-corrected chi connectivity index (χ1v) is 5.63. The Balaban J connectivity index is 2.00. The van der Waals surface area contributed by atoms with Crippen LogP contribution in [0.25, 0.3) is 0 Å². The van der Waals surface area contributed by atoms with Crippen LogP contribution in [0.3, 0.4) is 0 Å². The predicted octanol–water partition coefficient (Wildman–Crippen LogP) is 2.49. The van der Waals surface area contributed by atoms with Crippen LogP contribution in [0.2, 0.25) is 0 Å². The molecule has 0 amide bonds. The lowest BCUT2D eigenvalue weighted by molar-refractivity contribution is -0.141. The van der Waals surface area contributed by atoms with Gasteiger partial charge in [-0.1, -0.05) is 19.1 Å². The topological polar surface area (TPSA) is 46.5 Å². The van der Waals surface area contributed by atoms with E-state index < -0.39 is 5.97 Å². The van der Waals surface area contributed by atoms with Crippen molar-refractivity contribution in [3.8, 4) is 5.75 Å². The number of benzene rings is 1. The fourth-order valence-corrected chi connectivity index (χ4v) is 1.56. The van der Waals surface area contributed by atoms with Crippen molar-refractivity contribution in [3.63, 3.8) is 0 Å². The zero-order chi connectivity index (χ0) is 11.5. The molecule has 0 radical (unpaired) electrons. The van der Waals surface area contributed by atoms with Gasteiger partial charge in [-0.2, -0.15) is 0 Å². The van der Waals surface area contributed by atoms with Crippen LogP contribution in [0.4, 0.5) is 0 Å². The number of hydrogen-bond donors (Lipinski definition) is 1. The standard InChI is InChI=1S/C13H16O3/c1-9(13(14)15)7-10-3-2-4-12(8-10)16-11-5-6-11/h2-4,8-9,11H,5-7H2,1H3,(H,14,15). The average Bonchev–Trinajstić information content (AvgIpc) is 3.02. The van der Waals surface area contributed by atoms with Gasteiger partial charge < -0.3 is 9.84 Å². The molecule has 1 aliphatic rings. The Morgan fingerprint density at radius 3 is 2.94 bits per heavy atom. The van der Waals surface area contributed by atoms with Crippen LogP contribution in [-0.4, -0.2) is 17.2 Å². The van der Waals surface area contributed by atoms with E-state index in [-0.39, 0.29) is 5.92 Å². The maximum absolute atomic E-state index is 10.7. The van der Waals surface area contributed by atoms with Crippen molar-refractivity contribution in [2.45, 2.75) is 32.3 Å². The van der Waals surface area contributed by atoms with E-state index in [9.17, 15) is 4.79 Å². The number of carbonyl (C=O) groups is 1. The van der Waals surface area contributed by atoms with Crippen LogP contribution in [0, 0.1) is 5.92 Å². The van der Waals surface area contributed by atoms with Gasteiger partial charge in [0.25, 0.3) is 0 Å². The molecule has 1 unspecified atom stereocenters. The Labute approximate surface area is 95.0 Å². The summed E-state index contributed by atoms with van der Waals surface area (Å²) in [6, 6.07) is 7.73. The van der Waals surface area contributed by atoms with Gasteiger partial charge in [0, 0.05) is 0 Å². The number of aliphatic carboxylic acids is 1. The maximum atomic E-state index is 10.7. The molecule has 16 heavy (non-hydrogen) atoms. The summed E-state index contributed by atoms with van der Waals surface area (Å²) in [6.45, 7) is 1.72. The van der Waals surface area contributed by atoms with Gasteiger partial charge in [-0.05, 0) is 37.0 Å². The highest BCUT2D eigenvalue weighted by molar-refractivity contribution is 5.69. The van der Waals surface area contributed by atoms with E-state index >= 15 is 0 Å². The largest absolute Gasteiger partial charge is 0.490 e. The van der Waals surface area contributed by atoms with E-state index in [2.05, 4.69) is 0 Å². The van der Waals surface area contributed by atoms with Crippen molar-refractivity contribution >= 4 is 5.97 Å². The van der Waals surface area contributed by atoms with Crippen LogP contribution in [0.15, 0.2) is 24.3 Å². The first-order chi connectivity index (χ1) is 7.65. The Bertz CT molecular complexity index is 383. The molecule has 86 valence electrons. The number of carboxylic acid groups (broad SMARTS) is 1. The maximum Gasteiger partial charge on any atom is 0.306 e. The van der Waals surface area contributed by atoms with Crippen molar-refractivity contribution in [2.24, 2.45) is 5.92 Å². The predicted molar refractivity (Wildman–Crippen MR) is 60.6 cm³/mol. The average molecular weight is 220 g/mol. The van der Waals surface area contributed by atoms with E-state index in [1.165, 1.54) is 0 Å². The summed E-state index contributed by atoms with van der Waals surface area (Å²) in [5.74, 6) is -0.248. The summed E-state index contributed by atoms with van der Waals surface area (Å²) in [5.41, 5.74) is 1.02. The van der Waals surface area contributed by atoms with E-state index in [0.717, 1.165) is 24.2 Å². The minimum absolute atomic E-state index is 0.351. The van der Waals surface area contributed by atoms with Crippen molar-refractivity contribution < 1.29 is 14.6 Å².